The number of aromatic nitrogens is 1. The Balaban J connectivity index is 1.79. The van der Waals surface area contributed by atoms with Crippen LogP contribution in [0.15, 0.2) is 42.6 Å². The molecule has 1 aromatic heterocycles. The van der Waals surface area contributed by atoms with Crippen molar-refractivity contribution < 1.29 is 18.0 Å². The van der Waals surface area contributed by atoms with Crippen LogP contribution in [0.25, 0.3) is 6.08 Å². The average molecular weight is 493 g/mol. The van der Waals surface area contributed by atoms with Gasteiger partial charge in [-0.15, -0.1) is 11.3 Å². The minimum Gasteiger partial charge on any atom is -0.347 e. The van der Waals surface area contributed by atoms with E-state index in [9.17, 15) is 18.0 Å². The highest BCUT2D eigenvalue weighted by atomic mass is 35.5. The summed E-state index contributed by atoms with van der Waals surface area (Å²) in [5.74, 6) is -1.99. The zero-order valence-corrected chi connectivity index (χ0v) is 20.3. The number of rotatable bonds is 6. The fraction of sp³-hybridized carbons (Fsp3) is 0.280. The molecular weight excluding hydrogens is 469 g/mol. The number of hydrogen-bond acceptors (Lipinski definition) is 3. The van der Waals surface area contributed by atoms with Gasteiger partial charge in [0, 0.05) is 16.6 Å². The van der Waals surface area contributed by atoms with E-state index in [2.05, 4.69) is 10.3 Å². The molecular formula is C25H24ClF3N2OS. The van der Waals surface area contributed by atoms with Crippen LogP contribution in [-0.2, 0) is 6.54 Å². The normalized spacial score (nSPS) is 12.8. The van der Waals surface area contributed by atoms with E-state index in [4.69, 9.17) is 11.6 Å². The van der Waals surface area contributed by atoms with Crippen molar-refractivity contribution in [3.05, 3.63) is 90.9 Å². The average Bonchev–Trinajstić information content (AvgIpc) is 3.14. The Morgan fingerprint density at radius 3 is 2.33 bits per heavy atom. The summed E-state index contributed by atoms with van der Waals surface area (Å²) < 4.78 is 41.9. The number of aryl methyl sites for hydroxylation is 3. The molecule has 174 valence electrons. The summed E-state index contributed by atoms with van der Waals surface area (Å²) in [4.78, 5) is 17.3. The van der Waals surface area contributed by atoms with E-state index in [0.717, 1.165) is 21.6 Å². The fourth-order valence-corrected chi connectivity index (χ4v) is 4.46. The lowest BCUT2D eigenvalue weighted by molar-refractivity contribution is -0.139. The molecule has 2 aromatic carbocycles. The number of hydrogen-bond donors (Lipinski definition) is 1. The highest BCUT2D eigenvalue weighted by Crippen LogP contribution is 2.37. The first-order valence-electron chi connectivity index (χ1n) is 10.3. The minimum atomic E-state index is -4.42. The third-order valence-corrected chi connectivity index (χ3v) is 6.70. The van der Waals surface area contributed by atoms with Crippen LogP contribution in [0, 0.1) is 27.7 Å². The van der Waals surface area contributed by atoms with E-state index in [1.54, 1.807) is 43.5 Å². The molecule has 0 saturated carbocycles. The summed E-state index contributed by atoms with van der Waals surface area (Å²) in [7, 11) is 0. The zero-order valence-electron chi connectivity index (χ0n) is 18.7. The second-order valence-electron chi connectivity index (χ2n) is 7.99. The molecule has 1 amide bonds. The highest BCUT2D eigenvalue weighted by molar-refractivity contribution is 7.15. The maximum atomic E-state index is 13.8. The Morgan fingerprint density at radius 2 is 1.79 bits per heavy atom. The van der Waals surface area contributed by atoms with Crippen LogP contribution in [0.2, 0.25) is 4.47 Å². The Hall–Kier alpha value is -2.64. The topological polar surface area (TPSA) is 42.0 Å². The first kappa shape index (κ1) is 25.0. The molecule has 3 nitrogen and oxygen atoms in total. The van der Waals surface area contributed by atoms with Crippen LogP contribution in [0.5, 0.6) is 0 Å². The second kappa shape index (κ2) is 10.1. The van der Waals surface area contributed by atoms with Gasteiger partial charge in [-0.1, -0.05) is 48.0 Å². The van der Waals surface area contributed by atoms with Crippen molar-refractivity contribution in [3.63, 3.8) is 0 Å². The Morgan fingerprint density at radius 1 is 1.12 bits per heavy atom. The van der Waals surface area contributed by atoms with E-state index >= 15 is 0 Å². The Labute approximate surface area is 200 Å². The largest absolute Gasteiger partial charge is 0.399 e. The maximum Gasteiger partial charge on any atom is 0.399 e. The van der Waals surface area contributed by atoms with E-state index < -0.39 is 12.1 Å². The predicted octanol–water partition coefficient (Wildman–Crippen LogP) is 7.32. The van der Waals surface area contributed by atoms with Gasteiger partial charge in [0.25, 0.3) is 5.91 Å². The number of benzene rings is 2. The molecule has 3 rings (SSSR count). The molecule has 8 heteroatoms. The molecule has 33 heavy (non-hydrogen) atoms. The maximum absolute atomic E-state index is 13.8. The molecule has 0 bridgehead atoms. The quantitative estimate of drug-likeness (QED) is 0.391. The van der Waals surface area contributed by atoms with Crippen molar-refractivity contribution in [2.24, 2.45) is 0 Å². The van der Waals surface area contributed by atoms with Crippen LogP contribution in [0.3, 0.4) is 0 Å². The van der Waals surface area contributed by atoms with Crippen LogP contribution in [0.1, 0.15) is 54.5 Å². The Kier molecular flexibility index (Phi) is 7.65. The van der Waals surface area contributed by atoms with Gasteiger partial charge < -0.3 is 5.32 Å². The first-order chi connectivity index (χ1) is 15.5. The summed E-state index contributed by atoms with van der Waals surface area (Å²) in [6, 6.07) is 8.15. The van der Waals surface area contributed by atoms with Crippen molar-refractivity contribution in [1.29, 1.82) is 0 Å². The number of amides is 1. The summed E-state index contributed by atoms with van der Waals surface area (Å²) in [5, 5.41) is 2.80. The van der Waals surface area contributed by atoms with Crippen molar-refractivity contribution in [2.75, 3.05) is 0 Å². The van der Waals surface area contributed by atoms with Crippen molar-refractivity contribution >= 4 is 34.9 Å². The van der Waals surface area contributed by atoms with E-state index in [1.807, 2.05) is 20.8 Å². The number of alkyl halides is 3. The van der Waals surface area contributed by atoms with Crippen LogP contribution < -0.4 is 5.32 Å². The van der Waals surface area contributed by atoms with Crippen molar-refractivity contribution in [3.8, 4) is 0 Å². The molecule has 1 N–H and O–H groups in total. The summed E-state index contributed by atoms with van der Waals surface area (Å²) in [6.07, 6.45) is -0.191. The molecule has 1 unspecified atom stereocenters. The lowest BCUT2D eigenvalue weighted by Gasteiger charge is -2.19. The summed E-state index contributed by atoms with van der Waals surface area (Å²) in [6.45, 7) is 7.59. The highest BCUT2D eigenvalue weighted by Gasteiger charge is 2.39. The van der Waals surface area contributed by atoms with E-state index in [0.29, 0.717) is 27.7 Å². The molecule has 0 aliphatic rings. The van der Waals surface area contributed by atoms with Gasteiger partial charge in [-0.05, 0) is 67.1 Å². The van der Waals surface area contributed by atoms with Gasteiger partial charge >= 0.3 is 6.18 Å². The molecule has 0 radical (unpaired) electrons. The van der Waals surface area contributed by atoms with Crippen molar-refractivity contribution in [2.45, 2.75) is 46.3 Å². The van der Waals surface area contributed by atoms with Gasteiger partial charge in [0.15, 0.2) is 4.47 Å². The third kappa shape index (κ3) is 6.24. The second-order valence-corrected chi connectivity index (χ2v) is 9.69. The number of carbonyl (C=O) groups excluding carboxylic acids is 1. The van der Waals surface area contributed by atoms with Gasteiger partial charge in [0.2, 0.25) is 0 Å². The monoisotopic (exact) mass is 492 g/mol. The number of halogens is 4. The van der Waals surface area contributed by atoms with Crippen molar-refractivity contribution in [1.82, 2.24) is 10.3 Å². The van der Waals surface area contributed by atoms with Gasteiger partial charge in [-0.2, -0.15) is 13.2 Å². The minimum absolute atomic E-state index is 0.218. The van der Waals surface area contributed by atoms with Gasteiger partial charge in [0.05, 0.1) is 12.5 Å². The van der Waals surface area contributed by atoms with E-state index in [-0.39, 0.29) is 11.5 Å². The molecule has 0 spiro atoms. The van der Waals surface area contributed by atoms with Gasteiger partial charge in [-0.3, -0.25) is 4.79 Å². The number of nitrogens with one attached hydrogen (secondary N) is 1. The van der Waals surface area contributed by atoms with Crippen LogP contribution in [0.4, 0.5) is 13.2 Å². The molecule has 0 aliphatic carbocycles. The fourth-order valence-electron chi connectivity index (χ4n) is 3.54. The van der Waals surface area contributed by atoms with Crippen LogP contribution in [-0.4, -0.2) is 17.1 Å². The van der Waals surface area contributed by atoms with Crippen LogP contribution >= 0.6 is 22.9 Å². The summed E-state index contributed by atoms with van der Waals surface area (Å²) >= 11 is 7.08. The van der Waals surface area contributed by atoms with Gasteiger partial charge in [-0.25, -0.2) is 4.98 Å². The SMILES string of the molecule is Cc1cc(/C=C/C(c2cc(C)c(C)c(C)c2)C(F)(F)F)ccc1C(=O)NCc1cnc(Cl)s1. The van der Waals surface area contributed by atoms with E-state index in [1.165, 1.54) is 23.5 Å². The Bertz CT molecular complexity index is 1180. The molecule has 3 aromatic rings. The third-order valence-electron chi connectivity index (χ3n) is 5.59. The standard InChI is InChI=1S/C25H24ClF3N2OS/c1-14-10-19(11-15(2)17(14)4)22(25(27,28)29)8-6-18-5-7-21(16(3)9-18)23(32)30-12-20-13-31-24(26)33-20/h5-11,13,22H,12H2,1-4H3,(H,30,32)/b8-6+. The lowest BCUT2D eigenvalue weighted by atomic mass is 9.91. The summed E-state index contributed by atoms with van der Waals surface area (Å²) in [5.41, 5.74) is 4.59. The smallest absolute Gasteiger partial charge is 0.347 e. The molecule has 1 heterocycles. The molecule has 0 saturated heterocycles. The lowest BCUT2D eigenvalue weighted by Crippen LogP contribution is -2.23. The first-order valence-corrected chi connectivity index (χ1v) is 11.5. The van der Waals surface area contributed by atoms with Gasteiger partial charge in [0.1, 0.15) is 0 Å². The number of allylic oxidation sites excluding steroid dienone is 1. The predicted molar refractivity (Wildman–Crippen MR) is 128 cm³/mol. The molecule has 0 aliphatic heterocycles. The molecule has 1 atom stereocenters. The number of nitrogens with zero attached hydrogens (tertiary/aromatic N) is 1. The molecule has 0 fully saturated rings. The zero-order chi connectivity index (χ0) is 24.3. The number of thiazole rings is 1. The number of carbonyl (C=O) groups is 1.